The molecule has 0 unspecified atom stereocenters. The van der Waals surface area contributed by atoms with Crippen molar-refractivity contribution in [3.05, 3.63) is 26.9 Å². The highest BCUT2D eigenvalue weighted by molar-refractivity contribution is 9.11. The molecule has 2 amide bonds. The van der Waals surface area contributed by atoms with Crippen LogP contribution < -0.4 is 11.1 Å². The molecule has 0 saturated heterocycles. The fourth-order valence-electron chi connectivity index (χ4n) is 1.11. The van der Waals surface area contributed by atoms with Crippen LogP contribution in [0.15, 0.2) is 22.0 Å². The second-order valence-electron chi connectivity index (χ2n) is 3.34. The number of hydrogen-bond donors (Lipinski definition) is 2. The summed E-state index contributed by atoms with van der Waals surface area (Å²) in [6, 6.07) is 3.85. The van der Waals surface area contributed by atoms with Crippen molar-refractivity contribution in [2.75, 3.05) is 6.54 Å². The third-order valence-corrected chi connectivity index (χ3v) is 3.48. The van der Waals surface area contributed by atoms with Crippen molar-refractivity contribution in [1.82, 2.24) is 5.32 Å². The van der Waals surface area contributed by atoms with E-state index in [2.05, 4.69) is 21.2 Å². The molecule has 0 bridgehead atoms. The first-order chi connectivity index (χ1) is 8.08. The van der Waals surface area contributed by atoms with Crippen LogP contribution in [0, 0.1) is 0 Å². The molecule has 1 aromatic heterocycles. The first-order valence-corrected chi connectivity index (χ1v) is 6.68. The molecule has 17 heavy (non-hydrogen) atoms. The van der Waals surface area contributed by atoms with Crippen molar-refractivity contribution < 1.29 is 9.59 Å². The normalized spacial score (nSPS) is 10.6. The van der Waals surface area contributed by atoms with Gasteiger partial charge in [-0.1, -0.05) is 0 Å². The third kappa shape index (κ3) is 6.23. The number of carbonyl (C=O) groups is 2. The molecular formula is C11H13BrN2O2S. The molecule has 0 radical (unpaired) electrons. The number of carbonyl (C=O) groups excluding carboxylic acids is 2. The minimum absolute atomic E-state index is 0.168. The molecule has 0 aromatic carbocycles. The van der Waals surface area contributed by atoms with Gasteiger partial charge < -0.3 is 11.1 Å². The number of rotatable bonds is 6. The zero-order valence-electron chi connectivity index (χ0n) is 9.11. The van der Waals surface area contributed by atoms with Gasteiger partial charge in [0.2, 0.25) is 11.8 Å². The molecule has 0 fully saturated rings. The third-order valence-electron chi connectivity index (χ3n) is 1.89. The number of thiophene rings is 1. The number of nitrogens with one attached hydrogen (secondary N) is 1. The van der Waals surface area contributed by atoms with Gasteiger partial charge in [-0.2, -0.15) is 0 Å². The van der Waals surface area contributed by atoms with Crippen molar-refractivity contribution in [2.24, 2.45) is 5.73 Å². The van der Waals surface area contributed by atoms with Gasteiger partial charge in [0.1, 0.15) is 0 Å². The van der Waals surface area contributed by atoms with Gasteiger partial charge in [-0.15, -0.1) is 11.3 Å². The van der Waals surface area contributed by atoms with E-state index in [4.69, 9.17) is 5.73 Å². The Morgan fingerprint density at radius 2 is 2.24 bits per heavy atom. The van der Waals surface area contributed by atoms with Crippen LogP contribution in [0.3, 0.4) is 0 Å². The quantitative estimate of drug-likeness (QED) is 0.621. The van der Waals surface area contributed by atoms with Gasteiger partial charge in [-0.3, -0.25) is 9.59 Å². The monoisotopic (exact) mass is 316 g/mol. The molecule has 0 saturated carbocycles. The molecule has 92 valence electrons. The van der Waals surface area contributed by atoms with E-state index in [0.29, 0.717) is 19.4 Å². The summed E-state index contributed by atoms with van der Waals surface area (Å²) in [6.45, 7) is 0.459. The standard InChI is InChI=1S/C11H13BrN2O2S/c12-9-5-3-8(17-9)4-6-11(16)14-7-1-2-10(13)15/h3-6H,1-2,7H2,(H2,13,15)(H,14,16). The molecule has 4 nitrogen and oxygen atoms in total. The van der Waals surface area contributed by atoms with Gasteiger partial charge in [0.05, 0.1) is 3.79 Å². The topological polar surface area (TPSA) is 72.2 Å². The van der Waals surface area contributed by atoms with Crippen LogP contribution in [0.4, 0.5) is 0 Å². The summed E-state index contributed by atoms with van der Waals surface area (Å²) in [6.07, 6.45) is 4.09. The highest BCUT2D eigenvalue weighted by Gasteiger charge is 1.98. The minimum atomic E-state index is -0.349. The van der Waals surface area contributed by atoms with E-state index in [1.165, 1.54) is 6.08 Å². The second-order valence-corrected chi connectivity index (χ2v) is 5.83. The maximum absolute atomic E-state index is 11.3. The van der Waals surface area contributed by atoms with Crippen molar-refractivity contribution in [2.45, 2.75) is 12.8 Å². The van der Waals surface area contributed by atoms with Crippen LogP contribution in [0.2, 0.25) is 0 Å². The number of amides is 2. The summed E-state index contributed by atoms with van der Waals surface area (Å²) in [5.41, 5.74) is 4.98. The molecule has 0 aliphatic heterocycles. The van der Waals surface area contributed by atoms with Crippen LogP contribution in [-0.2, 0) is 9.59 Å². The van der Waals surface area contributed by atoms with E-state index in [0.717, 1.165) is 8.66 Å². The lowest BCUT2D eigenvalue weighted by molar-refractivity contribution is -0.119. The first-order valence-electron chi connectivity index (χ1n) is 5.07. The van der Waals surface area contributed by atoms with Crippen molar-refractivity contribution >= 4 is 45.2 Å². The first kappa shape index (κ1) is 13.9. The predicted octanol–water partition coefficient (Wildman–Crippen LogP) is 1.91. The van der Waals surface area contributed by atoms with Crippen molar-refractivity contribution in [3.8, 4) is 0 Å². The lowest BCUT2D eigenvalue weighted by atomic mass is 10.3. The van der Waals surface area contributed by atoms with Crippen LogP contribution in [0.1, 0.15) is 17.7 Å². The van der Waals surface area contributed by atoms with Gasteiger partial charge in [0.25, 0.3) is 0 Å². The van der Waals surface area contributed by atoms with E-state index >= 15 is 0 Å². The average Bonchev–Trinajstić information content (AvgIpc) is 2.67. The highest BCUT2D eigenvalue weighted by atomic mass is 79.9. The van der Waals surface area contributed by atoms with Crippen molar-refractivity contribution in [1.29, 1.82) is 0 Å². The Bertz CT molecular complexity index is 429. The Balaban J connectivity index is 2.25. The zero-order chi connectivity index (χ0) is 12.7. The molecule has 1 rings (SSSR count). The maximum atomic E-state index is 11.3. The second kappa shape index (κ2) is 7.24. The number of halogens is 1. The fourth-order valence-corrected chi connectivity index (χ4v) is 2.44. The lowest BCUT2D eigenvalue weighted by Crippen LogP contribution is -2.23. The van der Waals surface area contributed by atoms with Crippen LogP contribution in [-0.4, -0.2) is 18.4 Å². The highest BCUT2D eigenvalue weighted by Crippen LogP contribution is 2.22. The van der Waals surface area contributed by atoms with Crippen LogP contribution in [0.25, 0.3) is 6.08 Å². The summed E-state index contributed by atoms with van der Waals surface area (Å²) in [5.74, 6) is -0.516. The maximum Gasteiger partial charge on any atom is 0.244 e. The summed E-state index contributed by atoms with van der Waals surface area (Å²) in [7, 11) is 0. The van der Waals surface area contributed by atoms with E-state index in [9.17, 15) is 9.59 Å². The molecule has 0 aliphatic carbocycles. The van der Waals surface area contributed by atoms with E-state index < -0.39 is 0 Å². The number of primary amides is 1. The fraction of sp³-hybridized carbons (Fsp3) is 0.273. The SMILES string of the molecule is NC(=O)CCCNC(=O)C=Cc1ccc(Br)s1. The van der Waals surface area contributed by atoms with Crippen LogP contribution >= 0.6 is 27.3 Å². The summed E-state index contributed by atoms with van der Waals surface area (Å²) in [4.78, 5) is 22.8. The molecule has 6 heteroatoms. The Kier molecular flexibility index (Phi) is 5.93. The smallest absolute Gasteiger partial charge is 0.244 e. The molecule has 1 aromatic rings. The Hall–Kier alpha value is -1.14. The van der Waals surface area contributed by atoms with E-state index in [1.54, 1.807) is 17.4 Å². The largest absolute Gasteiger partial charge is 0.370 e. The molecule has 0 aliphatic rings. The average molecular weight is 317 g/mol. The van der Waals surface area contributed by atoms with Gasteiger partial charge in [0.15, 0.2) is 0 Å². The van der Waals surface area contributed by atoms with Gasteiger partial charge in [0, 0.05) is 23.9 Å². The van der Waals surface area contributed by atoms with E-state index in [1.807, 2.05) is 12.1 Å². The Labute approximate surface area is 112 Å². The predicted molar refractivity (Wildman–Crippen MR) is 72.5 cm³/mol. The zero-order valence-corrected chi connectivity index (χ0v) is 11.5. The minimum Gasteiger partial charge on any atom is -0.370 e. The Morgan fingerprint density at radius 3 is 2.82 bits per heavy atom. The van der Waals surface area contributed by atoms with Crippen LogP contribution in [0.5, 0.6) is 0 Å². The summed E-state index contributed by atoms with van der Waals surface area (Å²) < 4.78 is 1.03. The van der Waals surface area contributed by atoms with Gasteiger partial charge in [-0.25, -0.2) is 0 Å². The molecule has 1 heterocycles. The van der Waals surface area contributed by atoms with Gasteiger partial charge >= 0.3 is 0 Å². The number of nitrogens with two attached hydrogens (primary N) is 1. The number of hydrogen-bond acceptors (Lipinski definition) is 3. The van der Waals surface area contributed by atoms with Crippen molar-refractivity contribution in [3.63, 3.8) is 0 Å². The lowest BCUT2D eigenvalue weighted by Gasteiger charge is -1.99. The summed E-state index contributed by atoms with van der Waals surface area (Å²) >= 11 is 4.89. The summed E-state index contributed by atoms with van der Waals surface area (Å²) in [5, 5.41) is 2.67. The molecular weight excluding hydrogens is 304 g/mol. The molecule has 0 atom stereocenters. The van der Waals surface area contributed by atoms with Gasteiger partial charge in [-0.05, 0) is 40.6 Å². The molecule has 3 N–H and O–H groups in total. The Morgan fingerprint density at radius 1 is 1.47 bits per heavy atom. The van der Waals surface area contributed by atoms with E-state index in [-0.39, 0.29) is 11.8 Å². The molecule has 0 spiro atoms.